The third-order valence-corrected chi connectivity index (χ3v) is 16.7. The molecule has 1 spiro atoms. The molecular formula is C62H77N3O7. The fraction of sp³-hybridized carbons (Fsp3) is 0.484. The topological polar surface area (TPSA) is 174 Å². The summed E-state index contributed by atoms with van der Waals surface area (Å²) < 4.78 is 6.29. The van der Waals surface area contributed by atoms with Gasteiger partial charge in [0.15, 0.2) is 5.78 Å². The number of ether oxygens (including phenoxy) is 1. The van der Waals surface area contributed by atoms with Gasteiger partial charge in [-0.1, -0.05) is 132 Å². The summed E-state index contributed by atoms with van der Waals surface area (Å²) >= 11 is 0. The van der Waals surface area contributed by atoms with Crippen LogP contribution in [0.3, 0.4) is 0 Å². The van der Waals surface area contributed by atoms with E-state index in [0.717, 1.165) is 60.0 Å². The number of aryl methyl sites for hydroxylation is 2. The lowest BCUT2D eigenvalue weighted by Gasteiger charge is -2.56. The van der Waals surface area contributed by atoms with Crippen LogP contribution in [0.2, 0.25) is 0 Å². The number of rotatable bonds is 5. The molecule has 8 rings (SSSR count). The number of fused-ring (bicyclic) bond motifs is 4. The van der Waals surface area contributed by atoms with Crippen molar-refractivity contribution in [2.45, 2.75) is 153 Å². The van der Waals surface area contributed by atoms with Crippen LogP contribution < -0.4 is 16.4 Å². The van der Waals surface area contributed by atoms with E-state index in [-0.39, 0.29) is 43.8 Å². The Bertz CT molecular complexity index is 2620. The van der Waals surface area contributed by atoms with Crippen LogP contribution in [0.5, 0.6) is 0 Å². The van der Waals surface area contributed by atoms with Gasteiger partial charge in [0.1, 0.15) is 18.8 Å². The number of carbonyl (C=O) groups is 2. The Morgan fingerprint density at radius 1 is 0.889 bits per heavy atom. The molecule has 3 aliphatic heterocycles. The van der Waals surface area contributed by atoms with E-state index in [9.17, 15) is 30.0 Å². The van der Waals surface area contributed by atoms with Crippen LogP contribution in [0.4, 0.5) is 0 Å². The summed E-state index contributed by atoms with van der Waals surface area (Å²) in [5.41, 5.74) is 14.3. The average molecular weight is 976 g/mol. The van der Waals surface area contributed by atoms with Crippen LogP contribution in [0.25, 0.3) is 0 Å². The number of Topliss-reactive ketones (excluding diaryl/α,β-unsaturated/α-hetero) is 1. The minimum absolute atomic E-state index is 0.00811. The number of benzene rings is 3. The number of β-amino-alcohol motifs (C(OH)–C–C–N with tert-alkyl or cyclic N) is 1. The van der Waals surface area contributed by atoms with E-state index >= 15 is 0 Å². The van der Waals surface area contributed by atoms with Crippen LogP contribution in [-0.4, -0.2) is 75.8 Å². The molecule has 382 valence electrons. The third kappa shape index (κ3) is 12.4. The summed E-state index contributed by atoms with van der Waals surface area (Å²) in [6.45, 7) is 8.74. The average Bonchev–Trinajstić information content (AvgIpc) is 3.70. The largest absolute Gasteiger partial charge is 0.393 e. The Balaban J connectivity index is 1.09. The van der Waals surface area contributed by atoms with Crippen molar-refractivity contribution in [2.75, 3.05) is 19.8 Å². The molecule has 2 saturated carbocycles. The molecule has 3 heterocycles. The Morgan fingerprint density at radius 2 is 1.69 bits per heavy atom. The molecule has 3 aromatic rings. The van der Waals surface area contributed by atoms with Crippen LogP contribution in [-0.2, 0) is 40.0 Å². The molecule has 2 aliphatic carbocycles. The van der Waals surface area contributed by atoms with Crippen molar-refractivity contribution >= 4 is 11.7 Å². The maximum atomic E-state index is 14.9. The third-order valence-electron chi connectivity index (χ3n) is 16.7. The van der Waals surface area contributed by atoms with E-state index < -0.39 is 47.5 Å². The second-order valence-corrected chi connectivity index (χ2v) is 21.4. The monoisotopic (exact) mass is 976 g/mol. The molecule has 9 atom stereocenters. The van der Waals surface area contributed by atoms with Crippen LogP contribution >= 0.6 is 0 Å². The molecule has 0 aromatic heterocycles. The Labute approximate surface area is 427 Å². The second kappa shape index (κ2) is 24.2. The van der Waals surface area contributed by atoms with Gasteiger partial charge >= 0.3 is 0 Å². The number of hydrogen-bond donors (Lipinski definition) is 7. The van der Waals surface area contributed by atoms with Crippen molar-refractivity contribution < 1.29 is 34.8 Å². The number of nitrogens with one attached hydrogen (secondary N) is 2. The van der Waals surface area contributed by atoms with E-state index in [2.05, 4.69) is 65.5 Å². The number of hydrogen-bond acceptors (Lipinski definition) is 9. The van der Waals surface area contributed by atoms with Gasteiger partial charge in [0.2, 0.25) is 5.91 Å². The molecule has 2 bridgehead atoms. The first-order valence-corrected chi connectivity index (χ1v) is 26.5. The van der Waals surface area contributed by atoms with E-state index in [0.29, 0.717) is 86.5 Å². The lowest BCUT2D eigenvalue weighted by Crippen LogP contribution is -2.59. The second-order valence-electron chi connectivity index (χ2n) is 21.4. The van der Waals surface area contributed by atoms with E-state index in [4.69, 9.17) is 10.5 Å². The Kier molecular flexibility index (Phi) is 17.8. The van der Waals surface area contributed by atoms with E-state index in [1.807, 2.05) is 74.5 Å². The molecule has 72 heavy (non-hydrogen) atoms. The highest BCUT2D eigenvalue weighted by atomic mass is 16.5. The maximum Gasteiger partial charge on any atom is 0.243 e. The number of aliphatic hydroxyl groups excluding tert-OH is 3. The molecule has 5 aliphatic rings. The van der Waals surface area contributed by atoms with E-state index in [1.54, 1.807) is 0 Å². The predicted molar refractivity (Wildman–Crippen MR) is 284 cm³/mol. The van der Waals surface area contributed by atoms with E-state index in [1.165, 1.54) is 11.1 Å². The molecule has 10 nitrogen and oxygen atoms in total. The summed E-state index contributed by atoms with van der Waals surface area (Å²) in [5.74, 6) is 5.39. The van der Waals surface area contributed by atoms with Gasteiger partial charge in [0, 0.05) is 30.7 Å². The minimum atomic E-state index is -1.31. The number of amides is 1. The van der Waals surface area contributed by atoms with Gasteiger partial charge < -0.3 is 36.2 Å². The van der Waals surface area contributed by atoms with Crippen LogP contribution in [0.1, 0.15) is 136 Å². The zero-order valence-corrected chi connectivity index (χ0v) is 42.5. The lowest BCUT2D eigenvalue weighted by molar-refractivity contribution is -0.168. The summed E-state index contributed by atoms with van der Waals surface area (Å²) in [6.07, 6.45) is 14.8. The smallest absolute Gasteiger partial charge is 0.243 e. The van der Waals surface area contributed by atoms with Gasteiger partial charge in [0.25, 0.3) is 0 Å². The molecular weight excluding hydrogens is 899 g/mol. The predicted octanol–water partition coefficient (Wildman–Crippen LogP) is 8.63. The molecule has 3 aromatic carbocycles. The van der Waals surface area contributed by atoms with Gasteiger partial charge in [-0.05, 0) is 154 Å². The van der Waals surface area contributed by atoms with Crippen molar-refractivity contribution in [2.24, 2.45) is 23.0 Å². The van der Waals surface area contributed by atoms with Crippen molar-refractivity contribution in [1.29, 1.82) is 0 Å². The van der Waals surface area contributed by atoms with Gasteiger partial charge in [-0.15, -0.1) is 0 Å². The zero-order chi connectivity index (χ0) is 50.8. The van der Waals surface area contributed by atoms with Crippen molar-refractivity contribution in [3.05, 3.63) is 165 Å². The first-order valence-electron chi connectivity index (χ1n) is 26.5. The van der Waals surface area contributed by atoms with Gasteiger partial charge in [-0.25, -0.2) is 0 Å². The summed E-state index contributed by atoms with van der Waals surface area (Å²) in [7, 11) is 0. The SMILES string of the molecule is C=C1/C=C/C=C(\[C@H]2CC[C@@]3([C@@H]4CC[C@H](O)Cc5cccc(c5)CC[C@H](O)CN[C@@H]5C(=O)N[C@H](N)c6cccc(c65)CC(=O)/C(C)=C/4CC[C@@]3(C)O)[C@@H]2O)COCC#CC/C(CCCc2ccccc2)=C/CC1. The highest BCUT2D eigenvalue weighted by Crippen LogP contribution is 2.63. The first kappa shape index (κ1) is 53.1. The van der Waals surface area contributed by atoms with Crippen molar-refractivity contribution in [1.82, 2.24) is 10.6 Å². The fourth-order valence-corrected chi connectivity index (χ4v) is 12.6. The Hall–Kier alpha value is -5.22. The zero-order valence-electron chi connectivity index (χ0n) is 42.5. The highest BCUT2D eigenvalue weighted by molar-refractivity contribution is 5.98. The highest BCUT2D eigenvalue weighted by Gasteiger charge is 2.64. The first-order chi connectivity index (χ1) is 34.7. The number of carbonyl (C=O) groups excluding carboxylic acids is 2. The van der Waals surface area contributed by atoms with Crippen LogP contribution in [0.15, 0.2) is 132 Å². The van der Waals surface area contributed by atoms with Crippen LogP contribution in [0, 0.1) is 29.1 Å². The molecule has 10 heteroatoms. The summed E-state index contributed by atoms with van der Waals surface area (Å²) in [4.78, 5) is 28.5. The van der Waals surface area contributed by atoms with Crippen molar-refractivity contribution in [3.8, 4) is 11.8 Å². The number of ketones is 1. The normalized spacial score (nSPS) is 33.3. The number of allylic oxidation sites excluding steroid dienone is 8. The summed E-state index contributed by atoms with van der Waals surface area (Å²) in [5, 5.41) is 55.0. The maximum absolute atomic E-state index is 14.9. The molecule has 2 fully saturated rings. The fourth-order valence-electron chi connectivity index (χ4n) is 12.6. The van der Waals surface area contributed by atoms with Gasteiger partial charge in [-0.3, -0.25) is 14.9 Å². The molecule has 0 saturated heterocycles. The lowest BCUT2D eigenvalue weighted by atomic mass is 9.52. The minimum Gasteiger partial charge on any atom is -0.393 e. The van der Waals surface area contributed by atoms with Crippen molar-refractivity contribution in [3.63, 3.8) is 0 Å². The molecule has 0 radical (unpaired) electrons. The molecule has 0 unspecified atom stereocenters. The quantitative estimate of drug-likeness (QED) is 0.0976. The Morgan fingerprint density at radius 3 is 2.53 bits per heavy atom. The number of aliphatic hydroxyl groups is 4. The molecule has 8 N–H and O–H groups in total. The number of nitrogens with two attached hydrogens (primary N) is 1. The van der Waals surface area contributed by atoms with Gasteiger partial charge in [0.05, 0.1) is 30.5 Å². The van der Waals surface area contributed by atoms with Gasteiger partial charge in [-0.2, -0.15) is 0 Å². The summed E-state index contributed by atoms with van der Waals surface area (Å²) in [6, 6.07) is 23.4. The standard InChI is InChI=1S/C62H77N3O7/c1-41-14-9-19-44(21-11-20-43-16-5-4-6-17-43)18-7-8-35-72-40-48(25-10-15-41)52-32-34-62(58(52)69)54-30-29-49(66)37-46-23-12-22-45(36-46)27-28-50(67)39-64-57-56-47(24-13-26-53(56)59(63)65-60(57)70)38-55(68)42(2)51(54)31-33-61(62,3)71/h4-6,10,12-13,15-17,19,22-26,36,49-50,52,54,57-59,64,66-67,69,71H,1,9,11,14,18,20-21,27-35,37-40,63H2,2-3H3,(H,65,70)/b15-10+,44-19-,48-25-,51-42+/t49-,50-,52+,54+,57-,58+,59-,61+,62+/m0/s1. The molecule has 1 amide bonds.